The number of hydrogen-bond donors (Lipinski definition) is 3. The molecule has 1 heterocycles. The van der Waals surface area contributed by atoms with Gasteiger partial charge in [-0.3, -0.25) is 14.5 Å². The molecule has 0 radical (unpaired) electrons. The second kappa shape index (κ2) is 13.5. The molecular formula is C38H39N5O5. The number of benzene rings is 4. The van der Waals surface area contributed by atoms with Crippen LogP contribution in [0.2, 0.25) is 0 Å². The lowest BCUT2D eigenvalue weighted by atomic mass is 9.76. The molecule has 4 amide bonds. The predicted molar refractivity (Wildman–Crippen MR) is 186 cm³/mol. The number of aliphatic imine (C=N–C) groups is 1. The first kappa shape index (κ1) is 33.6. The molecule has 0 bridgehead atoms. The van der Waals surface area contributed by atoms with Crippen molar-refractivity contribution in [3.63, 3.8) is 0 Å². The highest BCUT2D eigenvalue weighted by Gasteiger charge is 2.53. The van der Waals surface area contributed by atoms with Gasteiger partial charge in [0.2, 0.25) is 12.1 Å². The van der Waals surface area contributed by atoms with E-state index >= 15 is 0 Å². The number of nitrogens with one attached hydrogen (secondary N) is 2. The number of carbonyl (C=O) groups excluding carboxylic acids is 4. The summed E-state index contributed by atoms with van der Waals surface area (Å²) in [4.78, 5) is 61.2. The zero-order valence-corrected chi connectivity index (χ0v) is 27.6. The van der Waals surface area contributed by atoms with Gasteiger partial charge in [-0.05, 0) is 56.5 Å². The Morgan fingerprint density at radius 2 is 1.48 bits per heavy atom. The van der Waals surface area contributed by atoms with Crippen LogP contribution in [0.15, 0.2) is 114 Å². The quantitative estimate of drug-likeness (QED) is 0.201. The summed E-state index contributed by atoms with van der Waals surface area (Å²) in [5, 5.41) is 5.42. The van der Waals surface area contributed by atoms with E-state index in [-0.39, 0.29) is 5.56 Å². The van der Waals surface area contributed by atoms with Crippen LogP contribution in [-0.2, 0) is 19.9 Å². The van der Waals surface area contributed by atoms with Crippen molar-refractivity contribution >= 4 is 40.9 Å². The van der Waals surface area contributed by atoms with Gasteiger partial charge in [0.1, 0.15) is 5.60 Å². The zero-order valence-electron chi connectivity index (χ0n) is 27.6. The van der Waals surface area contributed by atoms with Gasteiger partial charge in [-0.15, -0.1) is 0 Å². The van der Waals surface area contributed by atoms with Gasteiger partial charge in [-0.2, -0.15) is 0 Å². The van der Waals surface area contributed by atoms with Crippen LogP contribution < -0.4 is 21.3 Å². The Balaban J connectivity index is 1.62. The Labute approximate surface area is 280 Å². The number of urea groups is 1. The second-order valence-electron chi connectivity index (χ2n) is 12.8. The summed E-state index contributed by atoms with van der Waals surface area (Å²) in [6, 6.07) is 30.9. The number of ether oxygens (including phenoxy) is 1. The van der Waals surface area contributed by atoms with Crippen molar-refractivity contribution in [2.45, 2.75) is 51.9 Å². The fraction of sp³-hybridized carbons (Fsp3) is 0.237. The minimum Gasteiger partial charge on any atom is -0.456 e. The summed E-state index contributed by atoms with van der Waals surface area (Å²) in [5.41, 5.74) is 7.09. The zero-order chi connectivity index (χ0) is 34.6. The number of anilines is 2. The Morgan fingerprint density at radius 3 is 2.10 bits per heavy atom. The van der Waals surface area contributed by atoms with Gasteiger partial charge in [-0.25, -0.2) is 14.6 Å². The molecule has 5 rings (SSSR count). The minimum atomic E-state index is -1.66. The molecule has 4 N–H and O–H groups in total. The number of fused-ring (bicyclic) bond motifs is 1. The van der Waals surface area contributed by atoms with Crippen molar-refractivity contribution in [1.82, 2.24) is 5.32 Å². The standard InChI is InChI=1S/C38H39N5O5/c1-24(2)38(35(39)46,27-18-10-7-11-19-27)43-30-22-13-12-21-29(30)31(25-15-8-6-9-16-25)41-32(33(43)44)42-36(47)40-28-20-14-17-26(23-28)34(45)48-37(3,4)5/h6-24,32H,1-5H3,(H2,39,46)(H2,40,42,47)/t32-,38?/m0/s1. The van der Waals surface area contributed by atoms with Crippen molar-refractivity contribution in [3.8, 4) is 0 Å². The van der Waals surface area contributed by atoms with Gasteiger partial charge in [0.05, 0.1) is 17.0 Å². The first-order valence-corrected chi connectivity index (χ1v) is 15.7. The van der Waals surface area contributed by atoms with E-state index in [4.69, 9.17) is 15.5 Å². The molecule has 2 atom stereocenters. The average Bonchev–Trinajstić information content (AvgIpc) is 3.16. The molecule has 1 unspecified atom stereocenters. The van der Waals surface area contributed by atoms with Crippen molar-refractivity contribution in [3.05, 3.63) is 131 Å². The van der Waals surface area contributed by atoms with Crippen molar-refractivity contribution in [2.24, 2.45) is 16.6 Å². The Hall–Kier alpha value is -5.77. The molecule has 0 aliphatic carbocycles. The SMILES string of the molecule is CC(C)C(C(N)=O)(c1ccccc1)N1C(=O)[C@H](NC(=O)Nc2cccc(C(=O)OC(C)(C)C)c2)N=C(c2ccccc2)c2ccccc21. The van der Waals surface area contributed by atoms with Crippen molar-refractivity contribution in [1.29, 1.82) is 0 Å². The largest absolute Gasteiger partial charge is 0.456 e. The molecule has 0 spiro atoms. The third-order valence-corrected chi connectivity index (χ3v) is 7.96. The summed E-state index contributed by atoms with van der Waals surface area (Å²) < 4.78 is 5.46. The van der Waals surface area contributed by atoms with Gasteiger partial charge in [0, 0.05) is 16.8 Å². The van der Waals surface area contributed by atoms with Crippen molar-refractivity contribution < 1.29 is 23.9 Å². The molecular weight excluding hydrogens is 606 g/mol. The Morgan fingerprint density at radius 1 is 0.854 bits per heavy atom. The molecule has 4 aromatic rings. The number of nitrogens with zero attached hydrogens (tertiary/aromatic N) is 2. The maximum Gasteiger partial charge on any atom is 0.338 e. The highest BCUT2D eigenvalue weighted by molar-refractivity contribution is 6.21. The van der Waals surface area contributed by atoms with Gasteiger partial charge in [-0.1, -0.05) is 98.8 Å². The van der Waals surface area contributed by atoms with Gasteiger partial charge >= 0.3 is 12.0 Å². The number of benzodiazepines with no additional fused rings is 1. The van der Waals surface area contributed by atoms with Crippen molar-refractivity contribution in [2.75, 3.05) is 10.2 Å². The summed E-state index contributed by atoms with van der Waals surface area (Å²) in [6.45, 7) is 8.94. The fourth-order valence-electron chi connectivity index (χ4n) is 5.95. The van der Waals surface area contributed by atoms with Gasteiger partial charge in [0.15, 0.2) is 5.54 Å². The smallest absolute Gasteiger partial charge is 0.338 e. The number of amides is 4. The maximum atomic E-state index is 14.9. The molecule has 1 aliphatic rings. The fourth-order valence-corrected chi connectivity index (χ4v) is 5.95. The van der Waals surface area contributed by atoms with Crippen LogP contribution >= 0.6 is 0 Å². The highest BCUT2D eigenvalue weighted by Crippen LogP contribution is 2.43. The van der Waals surface area contributed by atoms with E-state index in [0.717, 1.165) is 0 Å². The lowest BCUT2D eigenvalue weighted by molar-refractivity contribution is -0.131. The van der Waals surface area contributed by atoms with Crippen LogP contribution in [0, 0.1) is 5.92 Å². The molecule has 1 aliphatic heterocycles. The maximum absolute atomic E-state index is 14.9. The lowest BCUT2D eigenvalue weighted by Crippen LogP contribution is -2.64. The molecule has 0 fully saturated rings. The third kappa shape index (κ3) is 6.69. The van der Waals surface area contributed by atoms with Gasteiger partial charge in [0.25, 0.3) is 5.91 Å². The number of carbonyl (C=O) groups is 4. The molecule has 0 saturated heterocycles. The van der Waals surface area contributed by atoms with Crippen LogP contribution in [0.3, 0.4) is 0 Å². The molecule has 10 heteroatoms. The van der Waals surface area contributed by atoms with E-state index in [1.807, 2.05) is 62.4 Å². The molecule has 0 saturated carbocycles. The highest BCUT2D eigenvalue weighted by atomic mass is 16.6. The lowest BCUT2D eigenvalue weighted by Gasteiger charge is -2.45. The normalized spacial score (nSPS) is 15.8. The monoisotopic (exact) mass is 645 g/mol. The molecule has 48 heavy (non-hydrogen) atoms. The first-order chi connectivity index (χ1) is 22.8. The molecule has 10 nitrogen and oxygen atoms in total. The number of nitrogens with two attached hydrogens (primary N) is 1. The van der Waals surface area contributed by atoms with Crippen LogP contribution in [0.4, 0.5) is 16.2 Å². The van der Waals surface area contributed by atoms with Gasteiger partial charge < -0.3 is 21.1 Å². The summed E-state index contributed by atoms with van der Waals surface area (Å²) in [7, 11) is 0. The minimum absolute atomic E-state index is 0.241. The molecule has 0 aromatic heterocycles. The molecule has 246 valence electrons. The van der Waals surface area contributed by atoms with E-state index in [1.165, 1.54) is 11.0 Å². The number of esters is 1. The van der Waals surface area contributed by atoms with E-state index in [9.17, 15) is 19.2 Å². The number of hydrogen-bond acceptors (Lipinski definition) is 6. The predicted octanol–water partition coefficient (Wildman–Crippen LogP) is 6.01. The Bertz CT molecular complexity index is 1870. The first-order valence-electron chi connectivity index (χ1n) is 15.7. The van der Waals surface area contributed by atoms with Crippen LogP contribution in [0.1, 0.15) is 61.7 Å². The van der Waals surface area contributed by atoms with E-state index in [1.54, 1.807) is 75.4 Å². The number of para-hydroxylation sites is 1. The van der Waals surface area contributed by atoms with Crippen LogP contribution in [0.5, 0.6) is 0 Å². The van der Waals surface area contributed by atoms with Crippen LogP contribution in [-0.4, -0.2) is 41.3 Å². The average molecular weight is 646 g/mol. The number of primary amides is 1. The molecule has 4 aromatic carbocycles. The van der Waals surface area contributed by atoms with Crippen LogP contribution in [0.25, 0.3) is 0 Å². The summed E-state index contributed by atoms with van der Waals surface area (Å²) in [5.74, 6) is -2.45. The summed E-state index contributed by atoms with van der Waals surface area (Å²) in [6.07, 6.45) is -1.48. The topological polar surface area (TPSA) is 143 Å². The summed E-state index contributed by atoms with van der Waals surface area (Å²) >= 11 is 0. The second-order valence-corrected chi connectivity index (χ2v) is 12.8. The van der Waals surface area contributed by atoms with E-state index in [0.29, 0.717) is 33.8 Å². The third-order valence-electron chi connectivity index (χ3n) is 7.96. The van der Waals surface area contributed by atoms with E-state index in [2.05, 4.69) is 10.6 Å². The Kier molecular flexibility index (Phi) is 9.47. The number of rotatable bonds is 8. The van der Waals surface area contributed by atoms with E-state index < -0.39 is 47.0 Å².